The molecule has 3 heterocycles. The number of amides is 2. The minimum absolute atomic E-state index is 0.0130. The molecule has 8 nitrogen and oxygen atoms in total. The van der Waals surface area contributed by atoms with Crippen molar-refractivity contribution in [2.24, 2.45) is 5.73 Å². The van der Waals surface area contributed by atoms with Crippen molar-refractivity contribution in [1.82, 2.24) is 24.7 Å². The van der Waals surface area contributed by atoms with E-state index >= 15 is 0 Å². The van der Waals surface area contributed by atoms with Crippen LogP contribution in [0.3, 0.4) is 0 Å². The van der Waals surface area contributed by atoms with Gasteiger partial charge in [-0.1, -0.05) is 36.4 Å². The highest BCUT2D eigenvalue weighted by Gasteiger charge is 2.19. The number of carbonyl (C=O) groups is 2. The summed E-state index contributed by atoms with van der Waals surface area (Å²) >= 11 is 0. The van der Waals surface area contributed by atoms with Gasteiger partial charge in [0, 0.05) is 24.5 Å². The zero-order chi connectivity index (χ0) is 19.5. The van der Waals surface area contributed by atoms with E-state index in [1.165, 1.54) is 10.7 Å². The van der Waals surface area contributed by atoms with Crippen molar-refractivity contribution in [1.29, 1.82) is 0 Å². The highest BCUT2D eigenvalue weighted by Crippen LogP contribution is 2.21. The summed E-state index contributed by atoms with van der Waals surface area (Å²) in [6.45, 7) is 0.314. The molecule has 1 aromatic carbocycles. The Morgan fingerprint density at radius 2 is 1.93 bits per heavy atom. The molecule has 0 aliphatic carbocycles. The summed E-state index contributed by atoms with van der Waals surface area (Å²) in [5, 5.41) is 2.85. The minimum atomic E-state index is -0.707. The first-order valence-corrected chi connectivity index (χ1v) is 8.54. The van der Waals surface area contributed by atoms with Gasteiger partial charge in [-0.25, -0.2) is 9.97 Å². The van der Waals surface area contributed by atoms with Crippen LogP contribution in [0.4, 0.5) is 0 Å². The van der Waals surface area contributed by atoms with Crippen LogP contribution in [0.1, 0.15) is 26.5 Å². The van der Waals surface area contributed by atoms with E-state index in [0.29, 0.717) is 17.9 Å². The fourth-order valence-corrected chi connectivity index (χ4v) is 2.85. The summed E-state index contributed by atoms with van der Waals surface area (Å²) in [7, 11) is 0. The molecule has 0 aliphatic rings. The summed E-state index contributed by atoms with van der Waals surface area (Å²) in [4.78, 5) is 37.1. The summed E-state index contributed by atoms with van der Waals surface area (Å²) in [5.74, 6) is -1.04. The number of rotatable bonds is 5. The van der Waals surface area contributed by atoms with Gasteiger partial charge in [0.05, 0.1) is 5.69 Å². The molecule has 8 heteroatoms. The Labute approximate surface area is 160 Å². The fraction of sp³-hybridized carbons (Fsp3) is 0.0500. The number of pyridine rings is 1. The number of fused-ring (bicyclic) bond motifs is 1. The average molecular weight is 372 g/mol. The van der Waals surface area contributed by atoms with Gasteiger partial charge in [-0.2, -0.15) is 0 Å². The van der Waals surface area contributed by atoms with Crippen molar-refractivity contribution in [2.75, 3.05) is 0 Å². The SMILES string of the molecule is NC(=O)c1ncn2c(C(=O)NCc3cccnc3)cc(-c3ccccc3)nc12. The number of nitrogens with one attached hydrogen (secondary N) is 1. The van der Waals surface area contributed by atoms with Crippen LogP contribution in [0, 0.1) is 0 Å². The number of nitrogens with zero attached hydrogens (tertiary/aromatic N) is 4. The quantitative estimate of drug-likeness (QED) is 0.554. The number of imidazole rings is 1. The molecule has 2 amide bonds. The topological polar surface area (TPSA) is 115 Å². The number of aromatic nitrogens is 4. The highest BCUT2D eigenvalue weighted by molar-refractivity contribution is 5.99. The molecule has 4 aromatic rings. The molecule has 0 fully saturated rings. The molecule has 3 aromatic heterocycles. The van der Waals surface area contributed by atoms with Crippen LogP contribution < -0.4 is 11.1 Å². The normalized spacial score (nSPS) is 10.7. The fourth-order valence-electron chi connectivity index (χ4n) is 2.85. The van der Waals surface area contributed by atoms with E-state index in [-0.39, 0.29) is 17.2 Å². The standard InChI is InChI=1S/C20H16N6O2/c21-18(27)17-19-25-15(14-6-2-1-3-7-14)9-16(26(19)12-24-17)20(28)23-11-13-5-4-8-22-10-13/h1-10,12H,11H2,(H2,21,27)(H,23,28). The summed E-state index contributed by atoms with van der Waals surface area (Å²) < 4.78 is 1.46. The lowest BCUT2D eigenvalue weighted by Crippen LogP contribution is -2.25. The van der Waals surface area contributed by atoms with Crippen molar-refractivity contribution in [3.63, 3.8) is 0 Å². The molecule has 3 N–H and O–H groups in total. The van der Waals surface area contributed by atoms with Crippen LogP contribution in [-0.4, -0.2) is 31.2 Å². The van der Waals surface area contributed by atoms with Crippen molar-refractivity contribution >= 4 is 17.5 Å². The van der Waals surface area contributed by atoms with Crippen LogP contribution in [0.15, 0.2) is 67.3 Å². The second-order valence-electron chi connectivity index (χ2n) is 6.09. The predicted molar refractivity (Wildman–Crippen MR) is 102 cm³/mol. The van der Waals surface area contributed by atoms with Crippen LogP contribution in [0.25, 0.3) is 16.9 Å². The molecule has 0 bridgehead atoms. The van der Waals surface area contributed by atoms with E-state index < -0.39 is 5.91 Å². The van der Waals surface area contributed by atoms with Gasteiger partial charge >= 0.3 is 0 Å². The Morgan fingerprint density at radius 1 is 1.11 bits per heavy atom. The van der Waals surface area contributed by atoms with Gasteiger partial charge in [0.15, 0.2) is 11.3 Å². The third kappa shape index (κ3) is 3.30. The first-order valence-electron chi connectivity index (χ1n) is 8.54. The van der Waals surface area contributed by atoms with Crippen LogP contribution in [0.2, 0.25) is 0 Å². The smallest absolute Gasteiger partial charge is 0.271 e. The largest absolute Gasteiger partial charge is 0.364 e. The summed E-state index contributed by atoms with van der Waals surface area (Å²) in [5.41, 5.74) is 8.18. The summed E-state index contributed by atoms with van der Waals surface area (Å²) in [6.07, 6.45) is 4.72. The lowest BCUT2D eigenvalue weighted by molar-refractivity contribution is 0.0942. The molecule has 0 unspecified atom stereocenters. The first kappa shape index (κ1) is 17.3. The Hall–Kier alpha value is -4.07. The zero-order valence-corrected chi connectivity index (χ0v) is 14.7. The van der Waals surface area contributed by atoms with Crippen molar-refractivity contribution in [3.05, 3.63) is 84.2 Å². The van der Waals surface area contributed by atoms with E-state index in [4.69, 9.17) is 5.73 Å². The molecular formula is C20H16N6O2. The van der Waals surface area contributed by atoms with Crippen molar-refractivity contribution < 1.29 is 9.59 Å². The third-order valence-corrected chi connectivity index (χ3v) is 4.21. The Morgan fingerprint density at radius 3 is 2.64 bits per heavy atom. The van der Waals surface area contributed by atoms with Gasteiger partial charge in [0.25, 0.3) is 11.8 Å². The molecule has 28 heavy (non-hydrogen) atoms. The molecule has 0 atom stereocenters. The lowest BCUT2D eigenvalue weighted by Gasteiger charge is -2.10. The third-order valence-electron chi connectivity index (χ3n) is 4.21. The second kappa shape index (κ2) is 7.28. The monoisotopic (exact) mass is 372 g/mol. The first-order chi connectivity index (χ1) is 13.6. The maximum atomic E-state index is 12.9. The predicted octanol–water partition coefficient (Wildman–Crippen LogP) is 1.82. The molecule has 4 rings (SSSR count). The van der Waals surface area contributed by atoms with E-state index in [1.807, 2.05) is 36.4 Å². The molecule has 0 aliphatic heterocycles. The van der Waals surface area contributed by atoms with Gasteiger partial charge < -0.3 is 11.1 Å². The van der Waals surface area contributed by atoms with Crippen LogP contribution in [0.5, 0.6) is 0 Å². The van der Waals surface area contributed by atoms with Crippen LogP contribution in [-0.2, 0) is 6.54 Å². The number of carbonyl (C=O) groups excluding carboxylic acids is 2. The molecule has 0 saturated carbocycles. The number of benzene rings is 1. The Kier molecular flexibility index (Phi) is 4.51. The molecular weight excluding hydrogens is 356 g/mol. The summed E-state index contributed by atoms with van der Waals surface area (Å²) in [6, 6.07) is 14.7. The maximum absolute atomic E-state index is 12.9. The lowest BCUT2D eigenvalue weighted by atomic mass is 10.1. The van der Waals surface area contributed by atoms with Gasteiger partial charge in [0.2, 0.25) is 0 Å². The maximum Gasteiger partial charge on any atom is 0.271 e. The van der Waals surface area contributed by atoms with Crippen LogP contribution >= 0.6 is 0 Å². The van der Waals surface area contributed by atoms with Crippen molar-refractivity contribution in [2.45, 2.75) is 6.54 Å². The van der Waals surface area contributed by atoms with Gasteiger partial charge in [-0.05, 0) is 17.7 Å². The van der Waals surface area contributed by atoms with E-state index in [2.05, 4.69) is 20.3 Å². The molecule has 0 radical (unpaired) electrons. The van der Waals surface area contributed by atoms with E-state index in [9.17, 15) is 9.59 Å². The average Bonchev–Trinajstić information content (AvgIpc) is 3.17. The molecule has 138 valence electrons. The Bertz CT molecular complexity index is 1160. The van der Waals surface area contributed by atoms with E-state index in [1.54, 1.807) is 24.5 Å². The minimum Gasteiger partial charge on any atom is -0.364 e. The molecule has 0 saturated heterocycles. The van der Waals surface area contributed by atoms with Gasteiger partial charge in [-0.3, -0.25) is 19.0 Å². The highest BCUT2D eigenvalue weighted by atomic mass is 16.2. The molecule has 0 spiro atoms. The van der Waals surface area contributed by atoms with Gasteiger partial charge in [0.1, 0.15) is 12.0 Å². The Balaban J connectivity index is 1.77. The number of hydrogen-bond donors (Lipinski definition) is 2. The van der Waals surface area contributed by atoms with Crippen molar-refractivity contribution in [3.8, 4) is 11.3 Å². The zero-order valence-electron chi connectivity index (χ0n) is 14.7. The van der Waals surface area contributed by atoms with E-state index in [0.717, 1.165) is 11.1 Å². The number of primary amides is 1. The van der Waals surface area contributed by atoms with Gasteiger partial charge in [-0.15, -0.1) is 0 Å². The number of hydrogen-bond acceptors (Lipinski definition) is 5. The second-order valence-corrected chi connectivity index (χ2v) is 6.09. The number of nitrogens with two attached hydrogens (primary N) is 1.